The van der Waals surface area contributed by atoms with E-state index < -0.39 is 0 Å². The molecule has 0 nitrogen and oxygen atoms in total. The Hall–Kier alpha value is -0.933. The molecule has 0 saturated carbocycles. The van der Waals surface area contributed by atoms with E-state index in [2.05, 4.69) is 61.6 Å². The van der Waals surface area contributed by atoms with Gasteiger partial charge in [0, 0.05) is 0 Å². The van der Waals surface area contributed by atoms with E-state index in [4.69, 9.17) is 0 Å². The van der Waals surface area contributed by atoms with E-state index in [1.54, 1.807) is 0 Å². The Labute approximate surface area is 184 Å². The molecular formula is C22H20Cl2HfSi-2. The minimum absolute atomic E-state index is 0. The van der Waals surface area contributed by atoms with Gasteiger partial charge in [-0.2, -0.15) is 35.4 Å². The van der Waals surface area contributed by atoms with Crippen molar-refractivity contribution < 1.29 is 47.8 Å². The van der Waals surface area contributed by atoms with E-state index in [0.29, 0.717) is 0 Å². The molecule has 0 aromatic rings. The van der Waals surface area contributed by atoms with Crippen molar-refractivity contribution in [1.82, 2.24) is 0 Å². The van der Waals surface area contributed by atoms with Gasteiger partial charge in [0.1, 0.15) is 0 Å². The first-order valence-electron chi connectivity index (χ1n) is 7.89. The summed E-state index contributed by atoms with van der Waals surface area (Å²) in [5.41, 5.74) is 5.14. The van der Waals surface area contributed by atoms with Gasteiger partial charge in [-0.1, -0.05) is 24.3 Å². The van der Waals surface area contributed by atoms with Crippen LogP contribution in [0.4, 0.5) is 0 Å². The second-order valence-corrected chi connectivity index (χ2v) is 18.3. The Bertz CT molecular complexity index is 711. The van der Waals surface area contributed by atoms with E-state index in [1.165, 1.54) is 45.3 Å². The van der Waals surface area contributed by atoms with E-state index in [0.717, 1.165) is 0 Å². The number of rotatable bonds is 0. The summed E-state index contributed by atoms with van der Waals surface area (Å²) in [5, 5.41) is 0. The predicted molar refractivity (Wildman–Crippen MR) is 101 cm³/mol. The molecule has 0 N–H and O–H groups in total. The van der Waals surface area contributed by atoms with Crippen LogP contribution in [-0.2, 0) is 23.0 Å². The van der Waals surface area contributed by atoms with Crippen molar-refractivity contribution in [2.45, 2.75) is 13.1 Å². The first-order valence-corrected chi connectivity index (χ1v) is 15.8. The van der Waals surface area contributed by atoms with E-state index in [1.807, 2.05) is 48.5 Å². The van der Waals surface area contributed by atoms with Crippen LogP contribution in [0.15, 0.2) is 84.9 Å². The van der Waals surface area contributed by atoms with Crippen LogP contribution in [0.3, 0.4) is 0 Å². The zero-order chi connectivity index (χ0) is 17.2. The Morgan fingerprint density at radius 1 is 0.615 bits per heavy atom. The molecule has 0 bridgehead atoms. The first-order chi connectivity index (χ1) is 11.7. The zero-order valence-corrected chi connectivity index (χ0v) is 20.9. The average molecular weight is 562 g/mol. The standard InChI is InChI=1S/2C10H7.C2H6Si.2ClH.Hf/c2*1-2-5-9-7-4-8-10(9)6-3-1;1-3-2;;;/h2*1-7H;1-2H3;2*1H;/q2*-1;;;;+2/p-2. The van der Waals surface area contributed by atoms with Crippen molar-refractivity contribution in [3.8, 4) is 22.3 Å². The molecule has 0 atom stereocenters. The fraction of sp³-hybridized carbons (Fsp3) is 0.0909. The summed E-state index contributed by atoms with van der Waals surface area (Å²) in [5.74, 6) is 0. The third-order valence-corrected chi connectivity index (χ3v) is 3.15. The summed E-state index contributed by atoms with van der Waals surface area (Å²) >= 11 is 1.45. The number of hydrogen-bond acceptors (Lipinski definition) is 0. The van der Waals surface area contributed by atoms with E-state index in [-0.39, 0.29) is 30.3 Å². The molecule has 4 aliphatic carbocycles. The molecule has 0 aromatic carbocycles. The Morgan fingerprint density at radius 3 is 1.35 bits per heavy atom. The summed E-state index contributed by atoms with van der Waals surface area (Å²) in [7, 11) is 0. The molecule has 0 unspecified atom stereocenters. The van der Waals surface area contributed by atoms with Crippen LogP contribution < -0.4 is 24.8 Å². The molecule has 4 heteroatoms. The maximum absolute atomic E-state index is 3.14. The Morgan fingerprint density at radius 2 is 0.962 bits per heavy atom. The SMILES string of the molecule is C[Si](C)=[Hf+2].[Cl-].[Cl-].[c-]1ccc2cccccc1-2.[c-]1ccc2cccccc1-2. The molecule has 0 amide bonds. The summed E-state index contributed by atoms with van der Waals surface area (Å²) in [4.78, 5) is 0. The van der Waals surface area contributed by atoms with Gasteiger partial charge in [-0.15, -0.1) is 59.7 Å². The van der Waals surface area contributed by atoms with Crippen molar-refractivity contribution >= 4 is 5.49 Å². The van der Waals surface area contributed by atoms with E-state index >= 15 is 0 Å². The second-order valence-electron chi connectivity index (χ2n) is 5.51. The van der Waals surface area contributed by atoms with Gasteiger partial charge < -0.3 is 24.8 Å². The van der Waals surface area contributed by atoms with Gasteiger partial charge in [0.15, 0.2) is 0 Å². The van der Waals surface area contributed by atoms with E-state index in [9.17, 15) is 0 Å². The largest absolute Gasteiger partial charge is 1.00 e. The molecule has 0 aliphatic heterocycles. The van der Waals surface area contributed by atoms with Gasteiger partial charge in [-0.25, -0.2) is 0 Å². The Balaban J connectivity index is 0.000000378. The zero-order valence-electron chi connectivity index (χ0n) is 14.8. The minimum atomic E-state index is 0. The average Bonchev–Trinajstić information content (AvgIpc) is 3.05. The van der Waals surface area contributed by atoms with Crippen molar-refractivity contribution in [1.29, 1.82) is 0 Å². The fourth-order valence-corrected chi connectivity index (χ4v) is 2.12. The molecular weight excluding hydrogens is 542 g/mol. The summed E-state index contributed by atoms with van der Waals surface area (Å²) in [6, 6.07) is 34.8. The molecule has 4 aliphatic rings. The molecule has 0 aromatic heterocycles. The quantitative estimate of drug-likeness (QED) is 0.209. The molecule has 132 valence electrons. The fourth-order valence-electron chi connectivity index (χ4n) is 2.12. The van der Waals surface area contributed by atoms with Crippen LogP contribution in [-0.4, -0.2) is 5.49 Å². The molecule has 0 fully saturated rings. The molecule has 0 spiro atoms. The summed E-state index contributed by atoms with van der Waals surface area (Å²) in [6.45, 7) is 4.66. The molecule has 26 heavy (non-hydrogen) atoms. The molecule has 0 saturated heterocycles. The molecule has 4 rings (SSSR count). The molecule has 0 radical (unpaired) electrons. The minimum Gasteiger partial charge on any atom is -1.00 e. The van der Waals surface area contributed by atoms with Crippen molar-refractivity contribution in [2.24, 2.45) is 0 Å². The van der Waals surface area contributed by atoms with Crippen molar-refractivity contribution in [3.63, 3.8) is 0 Å². The van der Waals surface area contributed by atoms with Gasteiger partial charge in [-0.3, -0.25) is 0 Å². The first kappa shape index (κ1) is 25.1. The Kier molecular flexibility index (Phi) is 13.7. The van der Waals surface area contributed by atoms with Crippen molar-refractivity contribution in [3.05, 3.63) is 97.1 Å². The third-order valence-electron chi connectivity index (χ3n) is 3.15. The smallest absolute Gasteiger partial charge is 0.0723 e. The molecule has 0 heterocycles. The maximum Gasteiger partial charge on any atom is -0.0723 e. The van der Waals surface area contributed by atoms with Crippen LogP contribution in [0.1, 0.15) is 0 Å². The van der Waals surface area contributed by atoms with Crippen molar-refractivity contribution in [2.75, 3.05) is 0 Å². The number of fused-ring (bicyclic) bond motifs is 2. The van der Waals surface area contributed by atoms with Gasteiger partial charge in [-0.05, 0) is 0 Å². The van der Waals surface area contributed by atoms with Crippen LogP contribution >= 0.6 is 0 Å². The van der Waals surface area contributed by atoms with Crippen LogP contribution in [0, 0.1) is 12.1 Å². The van der Waals surface area contributed by atoms with Gasteiger partial charge >= 0.3 is 41.6 Å². The monoisotopic (exact) mass is 562 g/mol. The van der Waals surface area contributed by atoms with Gasteiger partial charge in [0.05, 0.1) is 0 Å². The van der Waals surface area contributed by atoms with Gasteiger partial charge in [0.25, 0.3) is 0 Å². The topological polar surface area (TPSA) is 0 Å². The number of hydrogen-bond donors (Lipinski definition) is 0. The second kappa shape index (κ2) is 14.2. The normalized spacial score (nSPS) is 8.77. The third kappa shape index (κ3) is 9.13. The number of halogens is 2. The summed E-state index contributed by atoms with van der Waals surface area (Å²) < 4.78 is 0. The predicted octanol–water partition coefficient (Wildman–Crippen LogP) is -0.0245. The maximum atomic E-state index is 3.14. The van der Waals surface area contributed by atoms with Crippen LogP contribution in [0.25, 0.3) is 22.3 Å². The van der Waals surface area contributed by atoms with Crippen LogP contribution in [0.2, 0.25) is 13.1 Å². The van der Waals surface area contributed by atoms with Crippen LogP contribution in [0.5, 0.6) is 0 Å². The summed E-state index contributed by atoms with van der Waals surface area (Å²) in [6.07, 6.45) is 0. The van der Waals surface area contributed by atoms with Gasteiger partial charge in [0.2, 0.25) is 0 Å².